The van der Waals surface area contributed by atoms with Crippen LogP contribution in [0.25, 0.3) is 0 Å². The van der Waals surface area contributed by atoms with Crippen LogP contribution in [0.15, 0.2) is 20.8 Å². The van der Waals surface area contributed by atoms with E-state index < -0.39 is 53.7 Å². The summed E-state index contributed by atoms with van der Waals surface area (Å²) in [5.74, 6) is 0.365. The molecule has 1 fully saturated rings. The van der Waals surface area contributed by atoms with Crippen LogP contribution in [-0.2, 0) is 30.5 Å². The Morgan fingerprint density at radius 2 is 1.85 bits per heavy atom. The van der Waals surface area contributed by atoms with E-state index in [1.54, 1.807) is 25.9 Å². The van der Waals surface area contributed by atoms with Gasteiger partial charge in [0.15, 0.2) is 14.5 Å². The van der Waals surface area contributed by atoms with E-state index in [0.29, 0.717) is 11.4 Å². The van der Waals surface area contributed by atoms with Crippen LogP contribution in [0.1, 0.15) is 32.6 Å². The summed E-state index contributed by atoms with van der Waals surface area (Å²) in [6.45, 7) is 12.0. The molecule has 0 bridgehead atoms. The van der Waals surface area contributed by atoms with Crippen LogP contribution in [0.4, 0.5) is 0 Å². The van der Waals surface area contributed by atoms with Gasteiger partial charge < -0.3 is 14.1 Å². The molecular formula is C21H36N4O7SSi. The van der Waals surface area contributed by atoms with Crippen LogP contribution in [-0.4, -0.2) is 81.3 Å². The van der Waals surface area contributed by atoms with Gasteiger partial charge in [0.1, 0.15) is 18.0 Å². The molecule has 3 heterocycles. The van der Waals surface area contributed by atoms with Gasteiger partial charge in [-0.1, -0.05) is 20.8 Å². The fraction of sp³-hybridized carbons (Fsp3) is 0.762. The molecule has 2 aliphatic heterocycles. The summed E-state index contributed by atoms with van der Waals surface area (Å²) in [7, 11) is -1.67. The maximum Gasteiger partial charge on any atom is 0.332 e. The molecule has 1 aromatic heterocycles. The maximum atomic E-state index is 13.2. The monoisotopic (exact) mass is 516 g/mol. The summed E-state index contributed by atoms with van der Waals surface area (Å²) in [5, 5.41) is -0.236. The van der Waals surface area contributed by atoms with E-state index in [1.165, 1.54) is 17.8 Å². The van der Waals surface area contributed by atoms with E-state index in [-0.39, 0.29) is 11.6 Å². The van der Waals surface area contributed by atoms with Crippen LogP contribution in [0.5, 0.6) is 0 Å². The largest absolute Gasteiger partial charge is 0.406 e. The Morgan fingerprint density at radius 3 is 2.35 bits per heavy atom. The second-order valence-electron chi connectivity index (χ2n) is 10.8. The van der Waals surface area contributed by atoms with Crippen LogP contribution < -0.4 is 11.2 Å². The minimum atomic E-state index is -3.99. The number of amidine groups is 1. The number of nitrogens with zero attached hydrogens (tertiary/aromatic N) is 4. The van der Waals surface area contributed by atoms with Crippen molar-refractivity contribution in [2.75, 3.05) is 26.9 Å². The molecule has 3 rings (SSSR count). The van der Waals surface area contributed by atoms with Crippen molar-refractivity contribution < 1.29 is 21.8 Å². The zero-order valence-corrected chi connectivity index (χ0v) is 23.4. The predicted molar refractivity (Wildman–Crippen MR) is 131 cm³/mol. The van der Waals surface area contributed by atoms with Gasteiger partial charge in [0, 0.05) is 32.9 Å². The number of rotatable bonds is 5. The minimum absolute atomic E-state index is 0.135. The number of hydrogen-bond acceptors (Lipinski definition) is 9. The normalized spacial score (nSPS) is 27.6. The highest BCUT2D eigenvalue weighted by Crippen LogP contribution is 2.49. The predicted octanol–water partition coefficient (Wildman–Crippen LogP) is 0.832. The van der Waals surface area contributed by atoms with Crippen molar-refractivity contribution in [2.45, 2.75) is 69.9 Å². The molecule has 192 valence electrons. The Hall–Kier alpha value is -1.80. The zero-order chi connectivity index (χ0) is 26.0. The quantitative estimate of drug-likeness (QED) is 0.417. The van der Waals surface area contributed by atoms with Crippen molar-refractivity contribution in [1.29, 1.82) is 0 Å². The molecule has 0 radical (unpaired) electrons. The fourth-order valence-electron chi connectivity index (χ4n) is 4.24. The van der Waals surface area contributed by atoms with Gasteiger partial charge in [0.05, 0.1) is 12.8 Å². The van der Waals surface area contributed by atoms with Crippen LogP contribution in [0.2, 0.25) is 18.1 Å². The van der Waals surface area contributed by atoms with Crippen molar-refractivity contribution in [3.63, 3.8) is 0 Å². The molecule has 0 saturated carbocycles. The molecule has 0 amide bonds. The SMILES string of the molecule is Cc1cn([C@@H]2O[C@@H]3CN=C(N(C)C)[C@]3(OS(C)(=O)=O)[C@H]2O[Si](C)(C)C(C)(C)C)c(=O)n(C)c1=O. The first-order chi connectivity index (χ1) is 15.3. The number of aryl methyl sites for hydroxylation is 1. The number of fused-ring (bicyclic) bond motifs is 1. The van der Waals surface area contributed by atoms with Crippen molar-refractivity contribution in [1.82, 2.24) is 14.0 Å². The van der Waals surface area contributed by atoms with Crippen molar-refractivity contribution in [3.8, 4) is 0 Å². The average Bonchev–Trinajstić information content (AvgIpc) is 3.14. The lowest BCUT2D eigenvalue weighted by molar-refractivity contribution is -0.0343. The zero-order valence-electron chi connectivity index (χ0n) is 21.6. The highest BCUT2D eigenvalue weighted by atomic mass is 32.2. The molecule has 0 aromatic carbocycles. The van der Waals surface area contributed by atoms with Crippen molar-refractivity contribution in [2.24, 2.45) is 12.0 Å². The van der Waals surface area contributed by atoms with Gasteiger partial charge in [-0.3, -0.25) is 18.9 Å². The third kappa shape index (κ3) is 4.32. The van der Waals surface area contributed by atoms with E-state index >= 15 is 0 Å². The third-order valence-electron chi connectivity index (χ3n) is 6.92. The Labute approximate surface area is 201 Å². The van der Waals surface area contributed by atoms with Crippen LogP contribution >= 0.6 is 0 Å². The summed E-state index contributed by atoms with van der Waals surface area (Å²) in [6.07, 6.45) is -0.470. The van der Waals surface area contributed by atoms with E-state index in [4.69, 9.17) is 13.3 Å². The average molecular weight is 517 g/mol. The van der Waals surface area contributed by atoms with E-state index in [0.717, 1.165) is 10.8 Å². The molecule has 11 nitrogen and oxygen atoms in total. The van der Waals surface area contributed by atoms with Gasteiger partial charge in [0.25, 0.3) is 15.7 Å². The number of aromatic nitrogens is 2. The fourth-order valence-corrected chi connectivity index (χ4v) is 6.29. The second-order valence-corrected chi connectivity index (χ2v) is 17.2. The molecule has 0 aliphatic carbocycles. The van der Waals surface area contributed by atoms with Gasteiger partial charge in [-0.2, -0.15) is 8.42 Å². The first kappa shape index (κ1) is 26.8. The molecule has 1 aromatic rings. The third-order valence-corrected chi connectivity index (χ3v) is 12.0. The molecule has 0 N–H and O–H groups in total. The lowest BCUT2D eigenvalue weighted by Crippen LogP contribution is -2.62. The molecule has 1 saturated heterocycles. The first-order valence-electron chi connectivity index (χ1n) is 11.1. The Kier molecular flexibility index (Phi) is 6.62. The standard InChI is InChI=1S/C21H36N4O7SSi/c1-13-12-25(19(27)24(7)16(13)26)17-15(31-34(9,10)20(2,3)4)21(32-33(8,28)29)14(30-17)11-22-18(21)23(5)6/h12,14-15,17H,11H2,1-10H3/t14-,15+,17-,21-/m1/s1. The molecule has 34 heavy (non-hydrogen) atoms. The van der Waals surface area contributed by atoms with Gasteiger partial charge in [-0.05, 0) is 25.1 Å². The smallest absolute Gasteiger partial charge is 0.332 e. The summed E-state index contributed by atoms with van der Waals surface area (Å²) >= 11 is 0. The van der Waals surface area contributed by atoms with E-state index in [2.05, 4.69) is 25.8 Å². The first-order valence-corrected chi connectivity index (χ1v) is 15.8. The number of hydrogen-bond donors (Lipinski definition) is 0. The van der Waals surface area contributed by atoms with Crippen molar-refractivity contribution >= 4 is 24.3 Å². The molecule has 0 unspecified atom stereocenters. The van der Waals surface area contributed by atoms with E-state index in [1.807, 2.05) is 13.1 Å². The Bertz CT molecular complexity index is 1230. The number of ether oxygens (including phenoxy) is 1. The van der Waals surface area contributed by atoms with Gasteiger partial charge in [0.2, 0.25) is 5.60 Å². The minimum Gasteiger partial charge on any atom is -0.406 e. The molecule has 4 atom stereocenters. The Balaban J connectivity index is 2.32. The number of aliphatic imine (C=N–C) groups is 1. The van der Waals surface area contributed by atoms with Gasteiger partial charge in [-0.15, -0.1) is 0 Å². The summed E-state index contributed by atoms with van der Waals surface area (Å²) in [4.78, 5) is 31.7. The highest BCUT2D eigenvalue weighted by Gasteiger charge is 2.68. The van der Waals surface area contributed by atoms with Gasteiger partial charge >= 0.3 is 5.69 Å². The highest BCUT2D eigenvalue weighted by molar-refractivity contribution is 7.86. The maximum absolute atomic E-state index is 13.2. The summed E-state index contributed by atoms with van der Waals surface area (Å²) in [5.41, 5.74) is -2.27. The lowest BCUT2D eigenvalue weighted by Gasteiger charge is -2.44. The van der Waals surface area contributed by atoms with E-state index in [9.17, 15) is 18.0 Å². The topological polar surface area (TPSA) is 121 Å². The molecule has 13 heteroatoms. The molecule has 0 spiro atoms. The van der Waals surface area contributed by atoms with Gasteiger partial charge in [-0.25, -0.2) is 8.98 Å². The summed E-state index contributed by atoms with van der Waals surface area (Å²) in [6, 6.07) is 0. The molecular weight excluding hydrogens is 480 g/mol. The van der Waals surface area contributed by atoms with Crippen molar-refractivity contribution in [3.05, 3.63) is 32.6 Å². The summed E-state index contributed by atoms with van der Waals surface area (Å²) < 4.78 is 46.4. The molecule has 2 aliphatic rings. The lowest BCUT2D eigenvalue weighted by atomic mass is 9.92. The second kappa shape index (κ2) is 8.40. The Morgan fingerprint density at radius 1 is 1.26 bits per heavy atom. The van der Waals surface area contributed by atoms with Crippen LogP contribution in [0, 0.1) is 6.92 Å². The van der Waals surface area contributed by atoms with Crippen LogP contribution in [0.3, 0.4) is 0 Å². The number of likely N-dealkylation sites (N-methyl/N-ethyl adjacent to an activating group) is 1.